The molecule has 28 heavy (non-hydrogen) atoms. The van der Waals surface area contributed by atoms with Crippen LogP contribution in [0.25, 0.3) is 11.1 Å². The number of aromatic nitrogens is 5. The van der Waals surface area contributed by atoms with Crippen molar-refractivity contribution in [2.24, 2.45) is 0 Å². The molecule has 3 aromatic rings. The van der Waals surface area contributed by atoms with E-state index in [4.69, 9.17) is 0 Å². The van der Waals surface area contributed by atoms with E-state index < -0.39 is 0 Å². The third kappa shape index (κ3) is 3.62. The molecule has 4 rings (SSSR count). The lowest BCUT2D eigenvalue weighted by molar-refractivity contribution is 0.0933. The molecular weight excluding hydrogens is 356 g/mol. The molecule has 0 saturated heterocycles. The number of hydrogen-bond acceptors (Lipinski definition) is 4. The van der Waals surface area contributed by atoms with Crippen LogP contribution in [0.5, 0.6) is 0 Å². The Balaban J connectivity index is 1.43. The van der Waals surface area contributed by atoms with E-state index in [1.807, 2.05) is 31.2 Å². The molecule has 8 nitrogen and oxygen atoms in total. The summed E-state index contributed by atoms with van der Waals surface area (Å²) >= 11 is 0. The standard InChI is InChI=1S/C20H24N6O2/c1-2-9-26-20(28)25-10-8-17(6-7-18(25)24-26)23-19(27)15-5-3-4-14(11-15)16-12-21-22-13-16/h3-5,11-13,17H,2,6-10H2,1H3,(H,21,22)(H,23,27). The summed E-state index contributed by atoms with van der Waals surface area (Å²) in [5.41, 5.74) is 2.46. The van der Waals surface area contributed by atoms with E-state index in [1.165, 1.54) is 0 Å². The number of nitrogens with one attached hydrogen (secondary N) is 2. The molecule has 1 aromatic carbocycles. The van der Waals surface area contributed by atoms with Gasteiger partial charge in [-0.05, 0) is 37.0 Å². The number of nitrogens with zero attached hydrogens (tertiary/aromatic N) is 4. The van der Waals surface area contributed by atoms with Gasteiger partial charge in [-0.3, -0.25) is 14.5 Å². The van der Waals surface area contributed by atoms with Gasteiger partial charge in [-0.1, -0.05) is 19.1 Å². The van der Waals surface area contributed by atoms with Gasteiger partial charge in [0.1, 0.15) is 5.82 Å². The molecule has 1 aliphatic rings. The Bertz CT molecular complexity index is 1020. The van der Waals surface area contributed by atoms with Gasteiger partial charge >= 0.3 is 5.69 Å². The van der Waals surface area contributed by atoms with Gasteiger partial charge in [0.2, 0.25) is 0 Å². The summed E-state index contributed by atoms with van der Waals surface area (Å²) in [6.45, 7) is 3.26. The monoisotopic (exact) mass is 380 g/mol. The fourth-order valence-electron chi connectivity index (χ4n) is 3.65. The molecule has 8 heteroatoms. The minimum absolute atomic E-state index is 0.0193. The third-order valence-corrected chi connectivity index (χ3v) is 5.14. The number of aryl methyl sites for hydroxylation is 2. The van der Waals surface area contributed by atoms with Crippen molar-refractivity contribution >= 4 is 5.91 Å². The zero-order valence-electron chi connectivity index (χ0n) is 15.9. The molecule has 0 bridgehead atoms. The molecule has 3 heterocycles. The Morgan fingerprint density at radius 1 is 1.32 bits per heavy atom. The predicted molar refractivity (Wildman–Crippen MR) is 105 cm³/mol. The van der Waals surface area contributed by atoms with Crippen LogP contribution >= 0.6 is 0 Å². The number of rotatable bonds is 5. The van der Waals surface area contributed by atoms with Crippen LogP contribution in [-0.2, 0) is 19.5 Å². The molecule has 1 unspecified atom stereocenters. The van der Waals surface area contributed by atoms with E-state index in [0.717, 1.165) is 36.2 Å². The van der Waals surface area contributed by atoms with Crippen molar-refractivity contribution in [1.29, 1.82) is 0 Å². The third-order valence-electron chi connectivity index (χ3n) is 5.14. The van der Waals surface area contributed by atoms with Crippen LogP contribution in [0.3, 0.4) is 0 Å². The zero-order valence-corrected chi connectivity index (χ0v) is 15.9. The summed E-state index contributed by atoms with van der Waals surface area (Å²) in [6.07, 6.45) is 6.59. The number of carbonyl (C=O) groups is 1. The summed E-state index contributed by atoms with van der Waals surface area (Å²) in [4.78, 5) is 25.2. The van der Waals surface area contributed by atoms with Gasteiger partial charge < -0.3 is 5.32 Å². The summed E-state index contributed by atoms with van der Waals surface area (Å²) in [5, 5.41) is 14.3. The van der Waals surface area contributed by atoms with Crippen LogP contribution in [0.1, 0.15) is 42.4 Å². The molecule has 0 spiro atoms. The Kier molecular flexibility index (Phi) is 5.10. The first kappa shape index (κ1) is 18.2. The Morgan fingerprint density at radius 2 is 2.21 bits per heavy atom. The van der Waals surface area contributed by atoms with Crippen LogP contribution in [0.2, 0.25) is 0 Å². The molecule has 2 aromatic heterocycles. The van der Waals surface area contributed by atoms with Crippen LogP contribution in [-0.4, -0.2) is 36.5 Å². The predicted octanol–water partition coefficient (Wildman–Crippen LogP) is 1.98. The molecule has 146 valence electrons. The van der Waals surface area contributed by atoms with E-state index in [1.54, 1.807) is 21.6 Å². The minimum Gasteiger partial charge on any atom is -0.349 e. The number of carbonyl (C=O) groups excluding carboxylic acids is 1. The summed E-state index contributed by atoms with van der Waals surface area (Å²) in [5.74, 6) is 0.718. The molecular formula is C20H24N6O2. The van der Waals surface area contributed by atoms with Crippen LogP contribution in [0.15, 0.2) is 41.5 Å². The molecule has 2 N–H and O–H groups in total. The fourth-order valence-corrected chi connectivity index (χ4v) is 3.65. The maximum absolute atomic E-state index is 12.7. The number of fused-ring (bicyclic) bond motifs is 1. The SMILES string of the molecule is CCCn1nc2n(c1=O)CCC(NC(=O)c1cccc(-c3cn[nH]c3)c1)CC2. The van der Waals surface area contributed by atoms with Gasteiger partial charge in [0, 0.05) is 42.9 Å². The van der Waals surface area contributed by atoms with Gasteiger partial charge in [0.15, 0.2) is 0 Å². The molecule has 0 saturated carbocycles. The van der Waals surface area contributed by atoms with Gasteiger partial charge in [-0.15, -0.1) is 0 Å². The van der Waals surface area contributed by atoms with Gasteiger partial charge in [0.05, 0.1) is 6.20 Å². The quantitative estimate of drug-likeness (QED) is 0.707. The van der Waals surface area contributed by atoms with Gasteiger partial charge in [0.25, 0.3) is 5.91 Å². The van der Waals surface area contributed by atoms with Crippen molar-refractivity contribution in [2.75, 3.05) is 0 Å². The van der Waals surface area contributed by atoms with E-state index in [0.29, 0.717) is 25.1 Å². The van der Waals surface area contributed by atoms with Crippen molar-refractivity contribution < 1.29 is 4.79 Å². The highest BCUT2D eigenvalue weighted by molar-refractivity contribution is 5.95. The molecule has 0 fully saturated rings. The van der Waals surface area contributed by atoms with Crippen LogP contribution in [0.4, 0.5) is 0 Å². The first-order valence-electron chi connectivity index (χ1n) is 9.72. The van der Waals surface area contributed by atoms with Gasteiger partial charge in [-0.25, -0.2) is 9.48 Å². The topological polar surface area (TPSA) is 97.6 Å². The summed E-state index contributed by atoms with van der Waals surface area (Å²) < 4.78 is 3.30. The lowest BCUT2D eigenvalue weighted by Gasteiger charge is -2.16. The first-order chi connectivity index (χ1) is 13.7. The molecule has 1 atom stereocenters. The van der Waals surface area contributed by atoms with Crippen molar-refractivity contribution in [1.82, 2.24) is 29.9 Å². The Morgan fingerprint density at radius 3 is 3.00 bits per heavy atom. The largest absolute Gasteiger partial charge is 0.349 e. The molecule has 0 radical (unpaired) electrons. The van der Waals surface area contributed by atoms with E-state index in [-0.39, 0.29) is 17.6 Å². The summed E-state index contributed by atoms with van der Waals surface area (Å²) in [6, 6.07) is 7.52. The lowest BCUT2D eigenvalue weighted by Crippen LogP contribution is -2.35. The highest BCUT2D eigenvalue weighted by Gasteiger charge is 2.22. The van der Waals surface area contributed by atoms with Crippen LogP contribution < -0.4 is 11.0 Å². The number of H-pyrrole nitrogens is 1. The smallest absolute Gasteiger partial charge is 0.345 e. The second kappa shape index (κ2) is 7.84. The number of benzene rings is 1. The number of aromatic amines is 1. The zero-order chi connectivity index (χ0) is 19.5. The molecule has 1 amide bonds. The molecule has 1 aliphatic heterocycles. The molecule has 0 aliphatic carbocycles. The summed E-state index contributed by atoms with van der Waals surface area (Å²) in [7, 11) is 0. The number of hydrogen-bond donors (Lipinski definition) is 2. The average molecular weight is 380 g/mol. The minimum atomic E-state index is -0.0988. The second-order valence-corrected chi connectivity index (χ2v) is 7.14. The van der Waals surface area contributed by atoms with E-state index in [9.17, 15) is 9.59 Å². The average Bonchev–Trinajstić information content (AvgIpc) is 3.29. The Labute approximate surface area is 162 Å². The first-order valence-corrected chi connectivity index (χ1v) is 9.72. The Hall–Kier alpha value is -3.16. The number of amides is 1. The highest BCUT2D eigenvalue weighted by Crippen LogP contribution is 2.19. The normalized spacial score (nSPS) is 16.4. The van der Waals surface area contributed by atoms with Gasteiger partial charge in [-0.2, -0.15) is 10.2 Å². The van der Waals surface area contributed by atoms with Crippen molar-refractivity contribution in [3.05, 3.63) is 58.5 Å². The van der Waals surface area contributed by atoms with Crippen molar-refractivity contribution in [3.63, 3.8) is 0 Å². The fraction of sp³-hybridized carbons (Fsp3) is 0.400. The van der Waals surface area contributed by atoms with E-state index in [2.05, 4.69) is 20.6 Å². The second-order valence-electron chi connectivity index (χ2n) is 7.14. The van der Waals surface area contributed by atoms with E-state index >= 15 is 0 Å². The van der Waals surface area contributed by atoms with Crippen LogP contribution in [0, 0.1) is 0 Å². The van der Waals surface area contributed by atoms with Crippen molar-refractivity contribution in [3.8, 4) is 11.1 Å². The lowest BCUT2D eigenvalue weighted by atomic mass is 10.0. The maximum Gasteiger partial charge on any atom is 0.345 e. The maximum atomic E-state index is 12.7. The van der Waals surface area contributed by atoms with Crippen molar-refractivity contribution in [2.45, 2.75) is 51.7 Å². The highest BCUT2D eigenvalue weighted by atomic mass is 16.2.